The number of alkyl halides is 2. The molecule has 1 N–H and O–H groups in total. The fourth-order valence-electron chi connectivity index (χ4n) is 2.81. The molecule has 3 heterocycles. The first-order valence-corrected chi connectivity index (χ1v) is 8.41. The summed E-state index contributed by atoms with van der Waals surface area (Å²) in [7, 11) is 0. The van der Waals surface area contributed by atoms with Gasteiger partial charge in [0.15, 0.2) is 11.5 Å². The van der Waals surface area contributed by atoms with Gasteiger partial charge < -0.3 is 19.3 Å². The van der Waals surface area contributed by atoms with Crippen molar-refractivity contribution in [1.82, 2.24) is 10.1 Å². The Bertz CT molecular complexity index is 1060. The molecule has 3 aromatic rings. The fourth-order valence-corrected chi connectivity index (χ4v) is 3.07. The summed E-state index contributed by atoms with van der Waals surface area (Å²) in [6, 6.07) is 5.79. The number of anilines is 1. The summed E-state index contributed by atoms with van der Waals surface area (Å²) in [5.41, 5.74) is 1.78. The van der Waals surface area contributed by atoms with E-state index in [1.807, 2.05) is 0 Å². The van der Waals surface area contributed by atoms with Gasteiger partial charge in [0.2, 0.25) is 0 Å². The fraction of sp³-hybridized carbons (Fsp3) is 0.167. The maximum absolute atomic E-state index is 13.2. The largest absolute Gasteiger partial charge is 0.586 e. The Hall–Kier alpha value is -3.20. The first-order chi connectivity index (χ1) is 13.2. The van der Waals surface area contributed by atoms with Gasteiger partial charge in [-0.3, -0.25) is 4.79 Å². The van der Waals surface area contributed by atoms with E-state index in [2.05, 4.69) is 24.9 Å². The number of carbonyl (C=O) groups is 1. The van der Waals surface area contributed by atoms with Crippen LogP contribution >= 0.6 is 11.6 Å². The molecule has 0 atom stereocenters. The van der Waals surface area contributed by atoms with E-state index in [9.17, 15) is 13.6 Å². The van der Waals surface area contributed by atoms with Gasteiger partial charge in [-0.1, -0.05) is 16.8 Å². The molecule has 1 aromatic carbocycles. The molecule has 0 aliphatic carbocycles. The topological polar surface area (TPSA) is 86.5 Å². The highest BCUT2D eigenvalue weighted by Crippen LogP contribution is 2.46. The molecule has 144 valence electrons. The van der Waals surface area contributed by atoms with Crippen LogP contribution in [-0.2, 0) is 0 Å². The molecule has 0 radical (unpaired) electrons. The van der Waals surface area contributed by atoms with Crippen molar-refractivity contribution in [2.45, 2.75) is 20.1 Å². The summed E-state index contributed by atoms with van der Waals surface area (Å²) < 4.78 is 40.2. The zero-order valence-electron chi connectivity index (χ0n) is 14.5. The van der Waals surface area contributed by atoms with Gasteiger partial charge in [0.1, 0.15) is 17.1 Å². The Balaban J connectivity index is 1.57. The molecule has 10 heteroatoms. The minimum absolute atomic E-state index is 0.125. The molecule has 0 bridgehead atoms. The molecule has 0 saturated heterocycles. The van der Waals surface area contributed by atoms with Crippen molar-refractivity contribution in [2.75, 3.05) is 5.32 Å². The summed E-state index contributed by atoms with van der Waals surface area (Å²) in [4.78, 5) is 16.5. The third kappa shape index (κ3) is 3.24. The van der Waals surface area contributed by atoms with Gasteiger partial charge in [0, 0.05) is 23.4 Å². The van der Waals surface area contributed by atoms with Gasteiger partial charge in [0.05, 0.1) is 10.7 Å². The summed E-state index contributed by atoms with van der Waals surface area (Å²) >= 11 is 6.17. The monoisotopic (exact) mass is 407 g/mol. The highest BCUT2D eigenvalue weighted by Gasteiger charge is 2.43. The average Bonchev–Trinajstić information content (AvgIpc) is 3.11. The molecule has 7 nitrogen and oxygen atoms in total. The first kappa shape index (κ1) is 18.2. The Kier molecular flexibility index (Phi) is 4.19. The number of aromatic nitrogens is 2. The summed E-state index contributed by atoms with van der Waals surface area (Å²) in [6.07, 6.45) is -2.28. The lowest BCUT2D eigenvalue weighted by Gasteiger charge is -2.08. The van der Waals surface area contributed by atoms with E-state index in [4.69, 9.17) is 16.1 Å². The number of carbonyl (C=O) groups excluding carboxylic acids is 1. The second-order valence-corrected chi connectivity index (χ2v) is 6.44. The number of halogens is 3. The van der Waals surface area contributed by atoms with Gasteiger partial charge in [-0.15, -0.1) is 8.78 Å². The van der Waals surface area contributed by atoms with E-state index in [1.54, 1.807) is 26.0 Å². The Morgan fingerprint density at radius 2 is 1.89 bits per heavy atom. The molecule has 4 rings (SSSR count). The predicted molar refractivity (Wildman–Crippen MR) is 94.8 cm³/mol. The lowest BCUT2D eigenvalue weighted by Crippen LogP contribution is -2.25. The maximum atomic E-state index is 13.2. The van der Waals surface area contributed by atoms with E-state index in [-0.39, 0.29) is 22.3 Å². The number of amides is 1. The smallest absolute Gasteiger partial charge is 0.395 e. The first-order valence-electron chi connectivity index (χ1n) is 8.03. The van der Waals surface area contributed by atoms with Crippen molar-refractivity contribution in [3.05, 3.63) is 52.5 Å². The van der Waals surface area contributed by atoms with E-state index in [1.165, 1.54) is 18.3 Å². The molecule has 28 heavy (non-hydrogen) atoms. The Labute approximate surface area is 162 Å². The lowest BCUT2D eigenvalue weighted by atomic mass is 10.1. The second-order valence-electron chi connectivity index (χ2n) is 6.03. The highest BCUT2D eigenvalue weighted by atomic mass is 35.5. The maximum Gasteiger partial charge on any atom is 0.586 e. The minimum Gasteiger partial charge on any atom is -0.395 e. The van der Waals surface area contributed by atoms with Gasteiger partial charge in [0.25, 0.3) is 5.91 Å². The number of nitrogens with zero attached hydrogens (tertiary/aromatic N) is 2. The van der Waals surface area contributed by atoms with Gasteiger partial charge in [-0.05, 0) is 32.0 Å². The summed E-state index contributed by atoms with van der Waals surface area (Å²) in [6.45, 7) is 3.30. The Morgan fingerprint density at radius 3 is 2.50 bits per heavy atom. The molecule has 0 spiro atoms. The molecule has 1 aliphatic rings. The SMILES string of the molecule is Cc1noc(C)c1C(=O)Nc1ccc(-c2cc3c(cc2Cl)OC(F)(F)O3)cn1. The van der Waals surface area contributed by atoms with Crippen molar-refractivity contribution in [1.29, 1.82) is 0 Å². The van der Waals surface area contributed by atoms with Crippen LogP contribution in [0.4, 0.5) is 14.6 Å². The zero-order valence-corrected chi connectivity index (χ0v) is 15.3. The van der Waals surface area contributed by atoms with Crippen LogP contribution in [0.5, 0.6) is 11.5 Å². The lowest BCUT2D eigenvalue weighted by molar-refractivity contribution is -0.286. The van der Waals surface area contributed by atoms with Crippen LogP contribution < -0.4 is 14.8 Å². The standard InChI is InChI=1S/C18H12ClF2N3O4/c1-8-16(9(2)28-24-8)17(25)23-15-4-3-10(7-22-15)11-5-13-14(6-12(11)19)27-18(20,21)26-13/h3-7H,1-2H3,(H,22,23,25). The number of aryl methyl sites for hydroxylation is 2. The summed E-state index contributed by atoms with van der Waals surface area (Å²) in [5.74, 6) is 0.0165. The Morgan fingerprint density at radius 1 is 1.18 bits per heavy atom. The minimum atomic E-state index is -3.73. The number of hydrogen-bond acceptors (Lipinski definition) is 6. The van der Waals surface area contributed by atoms with Crippen LogP contribution in [0.25, 0.3) is 11.1 Å². The number of nitrogens with one attached hydrogen (secondary N) is 1. The van der Waals surface area contributed by atoms with E-state index < -0.39 is 12.2 Å². The molecular weight excluding hydrogens is 396 g/mol. The van der Waals surface area contributed by atoms with Gasteiger partial charge in [-0.2, -0.15) is 0 Å². The van der Waals surface area contributed by atoms with E-state index in [0.717, 1.165) is 0 Å². The number of rotatable bonds is 3. The predicted octanol–water partition coefficient (Wildman–Crippen LogP) is 4.58. The van der Waals surface area contributed by atoms with Crippen LogP contribution in [0.15, 0.2) is 35.0 Å². The van der Waals surface area contributed by atoms with Crippen molar-refractivity contribution < 1.29 is 27.6 Å². The van der Waals surface area contributed by atoms with Crippen molar-refractivity contribution in [3.8, 4) is 22.6 Å². The van der Waals surface area contributed by atoms with Crippen LogP contribution in [0.2, 0.25) is 5.02 Å². The molecule has 2 aromatic heterocycles. The number of ether oxygens (including phenoxy) is 2. The van der Waals surface area contributed by atoms with Gasteiger partial charge in [-0.25, -0.2) is 4.98 Å². The van der Waals surface area contributed by atoms with Crippen molar-refractivity contribution in [2.24, 2.45) is 0 Å². The van der Waals surface area contributed by atoms with Crippen molar-refractivity contribution in [3.63, 3.8) is 0 Å². The van der Waals surface area contributed by atoms with Gasteiger partial charge >= 0.3 is 6.29 Å². The molecular formula is C18H12ClF2N3O4. The number of pyridine rings is 1. The third-order valence-electron chi connectivity index (χ3n) is 4.07. The third-order valence-corrected chi connectivity index (χ3v) is 4.38. The second kappa shape index (κ2) is 6.45. The molecule has 0 saturated carbocycles. The number of benzene rings is 1. The number of hydrogen-bond donors (Lipinski definition) is 1. The molecule has 0 unspecified atom stereocenters. The average molecular weight is 408 g/mol. The molecule has 0 fully saturated rings. The van der Waals surface area contributed by atoms with Crippen LogP contribution in [0, 0.1) is 13.8 Å². The van der Waals surface area contributed by atoms with E-state index >= 15 is 0 Å². The quantitative estimate of drug-likeness (QED) is 0.683. The normalized spacial score (nSPS) is 14.2. The molecule has 1 amide bonds. The van der Waals surface area contributed by atoms with E-state index in [0.29, 0.717) is 28.1 Å². The van der Waals surface area contributed by atoms with Crippen LogP contribution in [-0.4, -0.2) is 22.3 Å². The number of fused-ring (bicyclic) bond motifs is 1. The zero-order chi connectivity index (χ0) is 20.1. The van der Waals surface area contributed by atoms with Crippen LogP contribution in [0.3, 0.4) is 0 Å². The highest BCUT2D eigenvalue weighted by molar-refractivity contribution is 6.33. The van der Waals surface area contributed by atoms with Crippen molar-refractivity contribution >= 4 is 23.3 Å². The van der Waals surface area contributed by atoms with Crippen LogP contribution in [0.1, 0.15) is 21.8 Å². The molecule has 1 aliphatic heterocycles. The summed E-state index contributed by atoms with van der Waals surface area (Å²) in [5, 5.41) is 6.57.